The lowest BCUT2D eigenvalue weighted by Gasteiger charge is -2.17. The average molecular weight is 357 g/mol. The van der Waals surface area contributed by atoms with Gasteiger partial charge in [0.25, 0.3) is 0 Å². The Morgan fingerprint density at radius 3 is 3.04 bits per heavy atom. The van der Waals surface area contributed by atoms with E-state index < -0.39 is 6.09 Å². The zero-order chi connectivity index (χ0) is 18.7. The van der Waals surface area contributed by atoms with Crippen LogP contribution in [0.1, 0.15) is 30.4 Å². The molecule has 1 aliphatic rings. The van der Waals surface area contributed by atoms with E-state index in [1.165, 1.54) is 0 Å². The van der Waals surface area contributed by atoms with Gasteiger partial charge in [-0.25, -0.2) is 9.78 Å². The molecule has 1 aromatic heterocycles. The molecule has 0 aliphatic carbocycles. The average Bonchev–Trinajstić information content (AvgIpc) is 2.96. The van der Waals surface area contributed by atoms with Crippen LogP contribution in [0.15, 0.2) is 24.4 Å². The summed E-state index contributed by atoms with van der Waals surface area (Å²) < 4.78 is 12.9. The highest BCUT2D eigenvalue weighted by molar-refractivity contribution is 6.12. The number of aromatic nitrogens is 2. The monoisotopic (exact) mass is 357 g/mol. The number of hydrogen-bond acceptors (Lipinski definition) is 6. The van der Waals surface area contributed by atoms with E-state index in [-0.39, 0.29) is 18.4 Å². The maximum Gasteiger partial charge on any atom is 0.407 e. The summed E-state index contributed by atoms with van der Waals surface area (Å²) in [5, 5.41) is 11.2. The molecule has 0 radical (unpaired) electrons. The lowest BCUT2D eigenvalue weighted by Crippen LogP contribution is -2.29. The van der Waals surface area contributed by atoms with Crippen LogP contribution in [0.4, 0.5) is 10.5 Å². The first-order valence-electron chi connectivity index (χ1n) is 8.52. The van der Waals surface area contributed by atoms with Crippen molar-refractivity contribution in [2.75, 3.05) is 18.9 Å². The second-order valence-corrected chi connectivity index (χ2v) is 6.31. The number of anilines is 1. The molecule has 2 heterocycles. The molecule has 0 fully saturated rings. The number of nitrogens with two attached hydrogens (primary N) is 1. The molecule has 1 aromatic carbocycles. The predicted octanol–water partition coefficient (Wildman–Crippen LogP) is 1.86. The van der Waals surface area contributed by atoms with Gasteiger partial charge < -0.3 is 25.1 Å². The number of imidazole rings is 1. The Hall–Kier alpha value is -3.03. The van der Waals surface area contributed by atoms with Crippen molar-refractivity contribution in [1.82, 2.24) is 14.9 Å². The fraction of sp³-hybridized carbons (Fsp3) is 0.389. The van der Waals surface area contributed by atoms with Crippen molar-refractivity contribution in [2.45, 2.75) is 25.9 Å². The van der Waals surface area contributed by atoms with Crippen LogP contribution in [-0.4, -0.2) is 40.6 Å². The van der Waals surface area contributed by atoms with Gasteiger partial charge in [-0.15, -0.1) is 0 Å². The van der Waals surface area contributed by atoms with E-state index in [9.17, 15) is 4.79 Å². The van der Waals surface area contributed by atoms with E-state index in [1.807, 2.05) is 18.5 Å². The van der Waals surface area contributed by atoms with Gasteiger partial charge in [0.2, 0.25) is 0 Å². The van der Waals surface area contributed by atoms with Crippen LogP contribution in [0.5, 0.6) is 5.75 Å². The van der Waals surface area contributed by atoms with Crippen LogP contribution in [0.2, 0.25) is 0 Å². The molecule has 3 rings (SSSR count). The van der Waals surface area contributed by atoms with E-state index in [1.54, 1.807) is 24.4 Å². The summed E-state index contributed by atoms with van der Waals surface area (Å²) >= 11 is 0. The lowest BCUT2D eigenvalue weighted by atomic mass is 10.1. The Labute approximate surface area is 151 Å². The molecular formula is C18H23N5O3. The quantitative estimate of drug-likeness (QED) is 0.623. The van der Waals surface area contributed by atoms with Crippen LogP contribution in [-0.2, 0) is 18.2 Å². The van der Waals surface area contributed by atoms with E-state index >= 15 is 0 Å². The molecule has 0 spiro atoms. The molecule has 4 N–H and O–H groups in total. The van der Waals surface area contributed by atoms with Crippen LogP contribution in [0, 0.1) is 5.41 Å². The minimum atomic E-state index is -0.457. The van der Waals surface area contributed by atoms with Gasteiger partial charge >= 0.3 is 6.09 Å². The number of benzene rings is 1. The molecule has 4 bridgehead atoms. The summed E-state index contributed by atoms with van der Waals surface area (Å²) in [6, 6.07) is 5.27. The van der Waals surface area contributed by atoms with E-state index in [0.29, 0.717) is 42.1 Å². The third-order valence-electron chi connectivity index (χ3n) is 4.24. The first-order valence-corrected chi connectivity index (χ1v) is 8.52. The minimum absolute atomic E-state index is 0.115. The number of fused-ring (bicyclic) bond motifs is 4. The number of nitrogens with one attached hydrogen (secondary N) is 2. The largest absolute Gasteiger partial charge is 0.491 e. The number of ether oxygens (including phenoxy) is 2. The molecule has 0 saturated heterocycles. The highest BCUT2D eigenvalue weighted by atomic mass is 16.5. The Bertz CT molecular complexity index is 830. The number of carbonyl (C=O) groups is 1. The van der Waals surface area contributed by atoms with Gasteiger partial charge in [-0.05, 0) is 25.1 Å². The highest BCUT2D eigenvalue weighted by Gasteiger charge is 2.16. The van der Waals surface area contributed by atoms with Crippen LogP contribution in [0.25, 0.3) is 0 Å². The Balaban J connectivity index is 1.95. The van der Waals surface area contributed by atoms with E-state index in [4.69, 9.17) is 20.6 Å². The molecule has 138 valence electrons. The SMILES string of the molecule is CC1CCNC(=O)OCCc2nc(cn2C)C(=N)c2cc(ccc2N)O1. The minimum Gasteiger partial charge on any atom is -0.491 e. The van der Waals surface area contributed by atoms with Crippen LogP contribution in [0.3, 0.4) is 0 Å². The number of carbonyl (C=O) groups excluding carboxylic acids is 1. The van der Waals surface area contributed by atoms with Gasteiger partial charge in [-0.3, -0.25) is 5.41 Å². The third-order valence-corrected chi connectivity index (χ3v) is 4.24. The number of nitrogens with zero attached hydrogens (tertiary/aromatic N) is 2. The van der Waals surface area contributed by atoms with Gasteiger partial charge in [-0.1, -0.05) is 0 Å². The normalized spacial score (nSPS) is 18.6. The molecule has 8 nitrogen and oxygen atoms in total. The fourth-order valence-corrected chi connectivity index (χ4v) is 2.78. The molecule has 1 atom stereocenters. The highest BCUT2D eigenvalue weighted by Crippen LogP contribution is 2.24. The zero-order valence-electron chi connectivity index (χ0n) is 14.9. The molecule has 1 unspecified atom stereocenters. The molecule has 1 amide bonds. The molecular weight excluding hydrogens is 334 g/mol. The summed E-state index contributed by atoms with van der Waals surface area (Å²) in [4.78, 5) is 16.2. The van der Waals surface area contributed by atoms with Gasteiger partial charge in [0.1, 0.15) is 23.9 Å². The van der Waals surface area contributed by atoms with E-state index in [0.717, 1.165) is 5.82 Å². The third kappa shape index (κ3) is 3.96. The van der Waals surface area contributed by atoms with Crippen molar-refractivity contribution in [3.8, 4) is 5.75 Å². The Morgan fingerprint density at radius 2 is 2.23 bits per heavy atom. The summed E-state index contributed by atoms with van der Waals surface area (Å²) in [5.41, 5.74) is 7.89. The molecule has 0 saturated carbocycles. The summed E-state index contributed by atoms with van der Waals surface area (Å²) in [6.45, 7) is 2.58. The maximum absolute atomic E-state index is 11.7. The Kier molecular flexibility index (Phi) is 5.11. The fourth-order valence-electron chi connectivity index (χ4n) is 2.78. The number of hydrogen-bond donors (Lipinski definition) is 3. The van der Waals surface area contributed by atoms with Crippen LogP contribution < -0.4 is 15.8 Å². The molecule has 2 aromatic rings. The van der Waals surface area contributed by atoms with Crippen LogP contribution >= 0.6 is 0 Å². The molecule has 26 heavy (non-hydrogen) atoms. The van der Waals surface area contributed by atoms with Crippen molar-refractivity contribution < 1.29 is 14.3 Å². The smallest absolute Gasteiger partial charge is 0.407 e. The van der Waals surface area contributed by atoms with Gasteiger partial charge in [-0.2, -0.15) is 0 Å². The van der Waals surface area contributed by atoms with Gasteiger partial charge in [0.05, 0.1) is 11.8 Å². The first-order chi connectivity index (χ1) is 12.4. The predicted molar refractivity (Wildman–Crippen MR) is 97.8 cm³/mol. The summed E-state index contributed by atoms with van der Waals surface area (Å²) in [5.74, 6) is 1.35. The van der Waals surface area contributed by atoms with Crippen molar-refractivity contribution in [3.05, 3.63) is 41.5 Å². The zero-order valence-corrected chi connectivity index (χ0v) is 14.9. The van der Waals surface area contributed by atoms with E-state index in [2.05, 4.69) is 10.3 Å². The number of alkyl carbamates (subject to hydrolysis) is 1. The second-order valence-electron chi connectivity index (χ2n) is 6.31. The standard InChI is InChI=1S/C18H23N5O3/c1-11-5-7-21-18(24)25-8-6-16-22-15(10-23(16)2)17(20)13-9-12(26-11)3-4-14(13)19/h3-4,9-11,20H,5-8,19H2,1-2H3,(H,21,24). The number of aryl methyl sites for hydroxylation is 1. The first kappa shape index (κ1) is 17.8. The second kappa shape index (κ2) is 7.47. The molecule has 8 heteroatoms. The van der Waals surface area contributed by atoms with Crippen molar-refractivity contribution >= 4 is 17.5 Å². The maximum atomic E-state index is 11.7. The van der Waals surface area contributed by atoms with Crippen molar-refractivity contribution in [1.29, 1.82) is 5.41 Å². The number of amides is 1. The van der Waals surface area contributed by atoms with Crippen molar-refractivity contribution in [2.24, 2.45) is 7.05 Å². The lowest BCUT2D eigenvalue weighted by molar-refractivity contribution is 0.144. The number of cyclic esters (lactones) is 1. The molecule has 1 aliphatic heterocycles. The van der Waals surface area contributed by atoms with Gasteiger partial charge in [0.15, 0.2) is 0 Å². The van der Waals surface area contributed by atoms with Gasteiger partial charge in [0, 0.05) is 43.9 Å². The van der Waals surface area contributed by atoms with Crippen molar-refractivity contribution in [3.63, 3.8) is 0 Å². The number of nitrogen functional groups attached to an aromatic ring is 1. The number of rotatable bonds is 0. The summed E-state index contributed by atoms with van der Waals surface area (Å²) in [6.07, 6.45) is 2.29. The summed E-state index contributed by atoms with van der Waals surface area (Å²) in [7, 11) is 1.85. The Morgan fingerprint density at radius 1 is 1.42 bits per heavy atom. The topological polar surface area (TPSA) is 115 Å².